The summed E-state index contributed by atoms with van der Waals surface area (Å²) in [5, 5.41) is 3.46. The van der Waals surface area contributed by atoms with E-state index >= 15 is 0 Å². The lowest BCUT2D eigenvalue weighted by molar-refractivity contribution is 0.304. The first kappa shape index (κ1) is 12.5. The van der Waals surface area contributed by atoms with Crippen molar-refractivity contribution in [2.45, 2.75) is 38.6 Å². The van der Waals surface area contributed by atoms with Crippen molar-refractivity contribution in [1.29, 1.82) is 0 Å². The van der Waals surface area contributed by atoms with Crippen molar-refractivity contribution in [2.24, 2.45) is 23.6 Å². The van der Waals surface area contributed by atoms with Gasteiger partial charge in [-0.25, -0.2) is 5.84 Å². The second-order valence-corrected chi connectivity index (χ2v) is 5.91. The molecule has 2 saturated carbocycles. The van der Waals surface area contributed by atoms with E-state index in [4.69, 9.17) is 11.6 Å². The second kappa shape index (κ2) is 4.85. The van der Waals surface area contributed by atoms with Crippen LogP contribution in [0.2, 0.25) is 0 Å². The second-order valence-electron chi connectivity index (χ2n) is 5.91. The molecule has 3 rings (SSSR count). The van der Waals surface area contributed by atoms with Gasteiger partial charge in [-0.1, -0.05) is 6.42 Å². The highest BCUT2D eigenvalue weighted by Gasteiger charge is 2.41. The molecule has 2 fully saturated rings. The predicted molar refractivity (Wildman–Crippen MR) is 76.3 cm³/mol. The molecule has 4 unspecified atom stereocenters. The maximum Gasteiger partial charge on any atom is 0.223 e. The van der Waals surface area contributed by atoms with Crippen molar-refractivity contribution in [2.75, 3.05) is 16.5 Å². The number of aromatic nitrogens is 2. The Kier molecular flexibility index (Phi) is 3.18. The van der Waals surface area contributed by atoms with E-state index in [1.807, 2.05) is 0 Å². The topological polar surface area (TPSA) is 102 Å². The van der Waals surface area contributed by atoms with Crippen molar-refractivity contribution in [3.05, 3.63) is 6.07 Å². The van der Waals surface area contributed by atoms with E-state index in [2.05, 4.69) is 27.6 Å². The fraction of sp³-hybridized carbons (Fsp3) is 0.692. The summed E-state index contributed by atoms with van der Waals surface area (Å²) in [6.45, 7) is 2.24. The predicted octanol–water partition coefficient (Wildman–Crippen LogP) is 1.58. The smallest absolute Gasteiger partial charge is 0.223 e. The van der Waals surface area contributed by atoms with Crippen LogP contribution in [0, 0.1) is 17.8 Å². The Morgan fingerprint density at radius 3 is 2.68 bits per heavy atom. The van der Waals surface area contributed by atoms with Gasteiger partial charge in [0.25, 0.3) is 0 Å². The molecule has 6 N–H and O–H groups in total. The SMILES string of the molecule is CC(Nc1cc(NN)nc(N)n1)C1CC2CCC1C2. The Bertz CT molecular complexity index is 462. The van der Waals surface area contributed by atoms with Gasteiger partial charge in [0.15, 0.2) is 0 Å². The average Bonchev–Trinajstić information content (AvgIpc) is 3.00. The molecule has 2 aliphatic carbocycles. The summed E-state index contributed by atoms with van der Waals surface area (Å²) in [6, 6.07) is 2.20. The molecular weight excluding hydrogens is 240 g/mol. The molecule has 6 nitrogen and oxygen atoms in total. The molecule has 1 aromatic rings. The quantitative estimate of drug-likeness (QED) is 0.485. The van der Waals surface area contributed by atoms with Crippen molar-refractivity contribution < 1.29 is 0 Å². The van der Waals surface area contributed by atoms with E-state index in [0.717, 1.165) is 23.6 Å². The van der Waals surface area contributed by atoms with Crippen LogP contribution in [0.5, 0.6) is 0 Å². The third-order valence-corrected chi connectivity index (χ3v) is 4.70. The number of anilines is 3. The number of nitrogen functional groups attached to an aromatic ring is 2. The minimum absolute atomic E-state index is 0.234. The van der Waals surface area contributed by atoms with Crippen LogP contribution in [-0.4, -0.2) is 16.0 Å². The first-order valence-corrected chi connectivity index (χ1v) is 7.03. The van der Waals surface area contributed by atoms with Gasteiger partial charge in [-0.05, 0) is 43.9 Å². The lowest BCUT2D eigenvalue weighted by Gasteiger charge is -2.29. The third kappa shape index (κ3) is 2.45. The molecule has 0 radical (unpaired) electrons. The van der Waals surface area contributed by atoms with E-state index in [9.17, 15) is 0 Å². The Morgan fingerprint density at radius 1 is 1.26 bits per heavy atom. The molecule has 0 aliphatic heterocycles. The Balaban J connectivity index is 1.69. The standard InChI is InChI=1S/C13H22N6/c1-7(10-5-8-2-3-9(10)4-8)16-11-6-12(19-15)18-13(14)17-11/h6-10H,2-5,15H2,1H3,(H4,14,16,17,18,19). The van der Waals surface area contributed by atoms with Gasteiger partial charge in [0.05, 0.1) is 0 Å². The molecule has 2 bridgehead atoms. The average molecular weight is 262 g/mol. The lowest BCUT2D eigenvalue weighted by Crippen LogP contribution is -2.30. The molecule has 0 aromatic carbocycles. The summed E-state index contributed by atoms with van der Waals surface area (Å²) < 4.78 is 0. The molecule has 0 spiro atoms. The van der Waals surface area contributed by atoms with Gasteiger partial charge in [0.1, 0.15) is 11.6 Å². The van der Waals surface area contributed by atoms with Gasteiger partial charge in [0.2, 0.25) is 5.95 Å². The number of hydrogen-bond donors (Lipinski definition) is 4. The summed E-state index contributed by atoms with van der Waals surface area (Å²) in [4.78, 5) is 8.20. The van der Waals surface area contributed by atoms with Crippen LogP contribution in [0.1, 0.15) is 32.6 Å². The molecular formula is C13H22N6. The van der Waals surface area contributed by atoms with Gasteiger partial charge in [-0.15, -0.1) is 0 Å². The fourth-order valence-corrected chi connectivity index (χ4v) is 3.86. The lowest BCUT2D eigenvalue weighted by atomic mass is 9.84. The maximum atomic E-state index is 5.67. The summed E-state index contributed by atoms with van der Waals surface area (Å²) >= 11 is 0. The first-order chi connectivity index (χ1) is 9.15. The van der Waals surface area contributed by atoms with Crippen LogP contribution in [-0.2, 0) is 0 Å². The Morgan fingerprint density at radius 2 is 2.05 bits per heavy atom. The molecule has 4 atom stereocenters. The van der Waals surface area contributed by atoms with Crippen LogP contribution in [0.15, 0.2) is 6.07 Å². The van der Waals surface area contributed by atoms with E-state index < -0.39 is 0 Å². The van der Waals surface area contributed by atoms with Gasteiger partial charge in [-0.3, -0.25) is 0 Å². The minimum atomic E-state index is 0.234. The molecule has 6 heteroatoms. The zero-order chi connectivity index (χ0) is 13.4. The van der Waals surface area contributed by atoms with Crippen molar-refractivity contribution in [1.82, 2.24) is 9.97 Å². The normalized spacial score (nSPS) is 30.3. The molecule has 0 saturated heterocycles. The van der Waals surface area contributed by atoms with Gasteiger partial charge in [0, 0.05) is 12.1 Å². The van der Waals surface area contributed by atoms with E-state index in [-0.39, 0.29) is 5.95 Å². The van der Waals surface area contributed by atoms with Gasteiger partial charge >= 0.3 is 0 Å². The molecule has 104 valence electrons. The van der Waals surface area contributed by atoms with Crippen molar-refractivity contribution in [3.63, 3.8) is 0 Å². The number of nitrogens with zero attached hydrogens (tertiary/aromatic N) is 2. The highest BCUT2D eigenvalue weighted by atomic mass is 15.3. The molecule has 1 aromatic heterocycles. The van der Waals surface area contributed by atoms with Gasteiger partial charge in [-0.2, -0.15) is 9.97 Å². The highest BCUT2D eigenvalue weighted by molar-refractivity contribution is 5.50. The first-order valence-electron chi connectivity index (χ1n) is 7.03. The Hall–Kier alpha value is -1.56. The number of nitrogens with one attached hydrogen (secondary N) is 2. The van der Waals surface area contributed by atoms with Crippen LogP contribution in [0.3, 0.4) is 0 Å². The summed E-state index contributed by atoms with van der Waals surface area (Å²) in [5.41, 5.74) is 8.17. The molecule has 2 aliphatic rings. The number of hydrogen-bond acceptors (Lipinski definition) is 6. The molecule has 0 amide bonds. The zero-order valence-electron chi connectivity index (χ0n) is 11.3. The minimum Gasteiger partial charge on any atom is -0.368 e. The van der Waals surface area contributed by atoms with Crippen LogP contribution in [0.4, 0.5) is 17.6 Å². The highest BCUT2D eigenvalue weighted by Crippen LogP contribution is 2.49. The molecule has 19 heavy (non-hydrogen) atoms. The zero-order valence-corrected chi connectivity index (χ0v) is 11.3. The number of hydrazine groups is 1. The maximum absolute atomic E-state index is 5.67. The van der Waals surface area contributed by atoms with Crippen LogP contribution in [0.25, 0.3) is 0 Å². The molecule has 1 heterocycles. The summed E-state index contributed by atoms with van der Waals surface area (Å²) in [6.07, 6.45) is 5.58. The van der Waals surface area contributed by atoms with E-state index in [1.54, 1.807) is 6.07 Å². The third-order valence-electron chi connectivity index (χ3n) is 4.70. The summed E-state index contributed by atoms with van der Waals surface area (Å²) in [5.74, 6) is 9.48. The van der Waals surface area contributed by atoms with Crippen molar-refractivity contribution >= 4 is 17.6 Å². The Labute approximate surface area is 113 Å². The number of rotatable bonds is 4. The summed E-state index contributed by atoms with van der Waals surface area (Å²) in [7, 11) is 0. The monoisotopic (exact) mass is 262 g/mol. The number of nitrogens with two attached hydrogens (primary N) is 2. The van der Waals surface area contributed by atoms with E-state index in [1.165, 1.54) is 25.7 Å². The number of fused-ring (bicyclic) bond motifs is 2. The van der Waals surface area contributed by atoms with Crippen LogP contribution < -0.4 is 22.3 Å². The van der Waals surface area contributed by atoms with Gasteiger partial charge < -0.3 is 16.5 Å². The fourth-order valence-electron chi connectivity index (χ4n) is 3.86. The van der Waals surface area contributed by atoms with Crippen LogP contribution >= 0.6 is 0 Å². The van der Waals surface area contributed by atoms with E-state index in [0.29, 0.717) is 11.9 Å². The van der Waals surface area contributed by atoms with Crippen molar-refractivity contribution in [3.8, 4) is 0 Å². The largest absolute Gasteiger partial charge is 0.368 e.